The molecular formula is C31H50O4. The monoisotopic (exact) mass is 486 g/mol. The first-order valence-corrected chi connectivity index (χ1v) is 13.1. The normalized spacial score (nSPS) is 13.9. The van der Waals surface area contributed by atoms with Crippen LogP contribution in [0.1, 0.15) is 78.2 Å². The van der Waals surface area contributed by atoms with Gasteiger partial charge in [0.1, 0.15) is 12.0 Å². The van der Waals surface area contributed by atoms with Gasteiger partial charge in [0.2, 0.25) is 0 Å². The molecule has 0 spiro atoms. The predicted octanol–water partition coefficient (Wildman–Crippen LogP) is 7.41. The number of hydrogen-bond donors (Lipinski definition) is 2. The van der Waals surface area contributed by atoms with Crippen LogP contribution in [0.25, 0.3) is 0 Å². The molecule has 1 unspecified atom stereocenters. The van der Waals surface area contributed by atoms with Gasteiger partial charge in [-0.25, -0.2) is 0 Å². The molecule has 1 fully saturated rings. The molecule has 0 amide bonds. The fourth-order valence-corrected chi connectivity index (χ4v) is 2.84. The molecule has 0 saturated heterocycles. The van der Waals surface area contributed by atoms with Gasteiger partial charge in [-0.3, -0.25) is 0 Å². The molecule has 0 radical (unpaired) electrons. The summed E-state index contributed by atoms with van der Waals surface area (Å²) >= 11 is 0. The second-order valence-electron chi connectivity index (χ2n) is 7.91. The van der Waals surface area contributed by atoms with E-state index in [1.165, 1.54) is 19.3 Å². The molecule has 0 aromatic heterocycles. The van der Waals surface area contributed by atoms with Crippen molar-refractivity contribution >= 4 is 6.29 Å². The highest BCUT2D eigenvalue weighted by Gasteiger charge is 2.09. The largest absolute Gasteiger partial charge is 0.493 e. The average Bonchev–Trinajstić information content (AvgIpc) is 2.87. The van der Waals surface area contributed by atoms with Gasteiger partial charge in [0, 0.05) is 20.0 Å². The molecule has 0 bridgehead atoms. The Morgan fingerprint density at radius 1 is 1.03 bits per heavy atom. The smallest absolute Gasteiger partial charge is 0.124 e. The molecule has 35 heavy (non-hydrogen) atoms. The summed E-state index contributed by atoms with van der Waals surface area (Å²) in [5, 5.41) is 16.9. The second kappa shape index (κ2) is 27.8. The summed E-state index contributed by atoms with van der Waals surface area (Å²) in [4.78, 5) is 10.5. The molecule has 0 heterocycles. The van der Waals surface area contributed by atoms with Crippen LogP contribution < -0.4 is 4.74 Å². The van der Waals surface area contributed by atoms with Gasteiger partial charge in [0.25, 0.3) is 0 Å². The third kappa shape index (κ3) is 23.1. The van der Waals surface area contributed by atoms with E-state index < -0.39 is 6.10 Å². The van der Waals surface area contributed by atoms with Gasteiger partial charge in [0.05, 0.1) is 12.7 Å². The number of aliphatic hydroxyl groups excluding tert-OH is 2. The standard InChI is InChI=1S/C23H30O3.C5H10.C2H6.CH4O/c1-2-3-4-5-6-7-8-9-10-11-14-22(25)17-19-26-23-15-12-13-21(20-23)16-18-24;1-5-3-2-4-5;2*1-2/h3-4,7-15,18,20,22,25H,2,5-6,16-17,19H2,1H3;5H,2-4H2,1H3;1-2H3;2H,1H3/b4-3-,8-7+,10-9-,14-11+;;;. The summed E-state index contributed by atoms with van der Waals surface area (Å²) in [6.45, 7) is 8.86. The summed E-state index contributed by atoms with van der Waals surface area (Å²) in [6, 6.07) is 7.46. The maximum atomic E-state index is 10.5. The van der Waals surface area contributed by atoms with Gasteiger partial charge >= 0.3 is 0 Å². The number of aliphatic hydroxyl groups is 2. The molecule has 1 atom stereocenters. The zero-order valence-electron chi connectivity index (χ0n) is 22.7. The average molecular weight is 487 g/mol. The molecule has 4 heteroatoms. The van der Waals surface area contributed by atoms with Crippen LogP contribution in [-0.2, 0) is 11.2 Å². The first-order chi connectivity index (χ1) is 17.2. The Balaban J connectivity index is 0. The van der Waals surface area contributed by atoms with E-state index in [0.29, 0.717) is 19.4 Å². The zero-order valence-corrected chi connectivity index (χ0v) is 22.7. The van der Waals surface area contributed by atoms with Crippen LogP contribution in [0.2, 0.25) is 0 Å². The summed E-state index contributed by atoms with van der Waals surface area (Å²) in [5.41, 5.74) is 0.928. The summed E-state index contributed by atoms with van der Waals surface area (Å²) in [7, 11) is 1.00. The van der Waals surface area contributed by atoms with Crippen molar-refractivity contribution in [1.82, 2.24) is 0 Å². The molecule has 4 nitrogen and oxygen atoms in total. The van der Waals surface area contributed by atoms with Crippen LogP contribution in [-0.4, -0.2) is 36.3 Å². The van der Waals surface area contributed by atoms with E-state index in [1.54, 1.807) is 6.08 Å². The number of allylic oxidation sites excluding steroid dienone is 7. The van der Waals surface area contributed by atoms with Gasteiger partial charge in [-0.1, -0.05) is 108 Å². The van der Waals surface area contributed by atoms with Crippen LogP contribution in [0.15, 0.2) is 72.9 Å². The molecule has 2 N–H and O–H groups in total. The second-order valence-corrected chi connectivity index (χ2v) is 7.91. The van der Waals surface area contributed by atoms with Crippen molar-refractivity contribution in [3.63, 3.8) is 0 Å². The van der Waals surface area contributed by atoms with Crippen LogP contribution in [0, 0.1) is 5.92 Å². The van der Waals surface area contributed by atoms with Crippen LogP contribution >= 0.6 is 0 Å². The van der Waals surface area contributed by atoms with Gasteiger partial charge in [-0.2, -0.15) is 0 Å². The highest BCUT2D eigenvalue weighted by atomic mass is 16.5. The lowest BCUT2D eigenvalue weighted by Crippen LogP contribution is -2.09. The van der Waals surface area contributed by atoms with Gasteiger partial charge in [-0.15, -0.1) is 0 Å². The highest BCUT2D eigenvalue weighted by molar-refractivity contribution is 5.55. The van der Waals surface area contributed by atoms with Crippen molar-refractivity contribution in [3.8, 4) is 5.75 Å². The fraction of sp³-hybridized carbons (Fsp3) is 0.516. The quantitative estimate of drug-likeness (QED) is 0.132. The number of hydrogen-bond acceptors (Lipinski definition) is 4. The van der Waals surface area contributed by atoms with Gasteiger partial charge in [-0.05, 0) is 42.9 Å². The van der Waals surface area contributed by atoms with Crippen molar-refractivity contribution in [2.24, 2.45) is 5.92 Å². The third-order valence-electron chi connectivity index (χ3n) is 5.00. The summed E-state index contributed by atoms with van der Waals surface area (Å²) in [6.07, 6.45) is 24.9. The lowest BCUT2D eigenvalue weighted by molar-refractivity contribution is -0.107. The maximum absolute atomic E-state index is 10.5. The Morgan fingerprint density at radius 2 is 1.69 bits per heavy atom. The highest BCUT2D eigenvalue weighted by Crippen LogP contribution is 2.24. The number of benzene rings is 1. The van der Waals surface area contributed by atoms with E-state index in [4.69, 9.17) is 9.84 Å². The minimum atomic E-state index is -0.541. The van der Waals surface area contributed by atoms with Crippen molar-refractivity contribution in [3.05, 3.63) is 78.4 Å². The van der Waals surface area contributed by atoms with Gasteiger partial charge < -0.3 is 19.7 Å². The Hall–Kier alpha value is -2.43. The van der Waals surface area contributed by atoms with Crippen molar-refractivity contribution in [1.29, 1.82) is 0 Å². The zero-order chi connectivity index (χ0) is 26.6. The molecule has 0 aliphatic heterocycles. The Labute approximate surface area is 215 Å². The molecule has 2 rings (SSSR count). The number of carbonyl (C=O) groups is 1. The number of aldehydes is 1. The number of unbranched alkanes of at least 4 members (excludes halogenated alkanes) is 1. The Kier molecular flexibility index (Phi) is 27.6. The number of ether oxygens (including phenoxy) is 1. The van der Waals surface area contributed by atoms with Crippen LogP contribution in [0.4, 0.5) is 0 Å². The molecular weight excluding hydrogens is 436 g/mol. The lowest BCUT2D eigenvalue weighted by atomic mass is 9.88. The van der Waals surface area contributed by atoms with Crippen LogP contribution in [0.5, 0.6) is 5.75 Å². The van der Waals surface area contributed by atoms with Crippen LogP contribution in [0.3, 0.4) is 0 Å². The third-order valence-corrected chi connectivity index (χ3v) is 5.00. The minimum absolute atomic E-state index is 0.388. The van der Waals surface area contributed by atoms with Crippen molar-refractivity contribution in [2.75, 3.05) is 13.7 Å². The van der Waals surface area contributed by atoms with E-state index in [9.17, 15) is 9.90 Å². The minimum Gasteiger partial charge on any atom is -0.493 e. The van der Waals surface area contributed by atoms with Crippen molar-refractivity contribution < 1.29 is 19.7 Å². The fourth-order valence-electron chi connectivity index (χ4n) is 2.84. The van der Waals surface area contributed by atoms with E-state index in [2.05, 4.69) is 32.1 Å². The van der Waals surface area contributed by atoms with Gasteiger partial charge in [0.15, 0.2) is 0 Å². The molecule has 1 aliphatic rings. The lowest BCUT2D eigenvalue weighted by Gasteiger charge is -2.18. The van der Waals surface area contributed by atoms with E-state index in [0.717, 1.165) is 49.9 Å². The molecule has 198 valence electrons. The first-order valence-electron chi connectivity index (χ1n) is 13.1. The number of carbonyl (C=O) groups excluding carboxylic acids is 1. The van der Waals surface area contributed by atoms with E-state index >= 15 is 0 Å². The molecule has 1 aliphatic carbocycles. The SMILES string of the molecule is CC.CC/C=C\CC/C=C/C=C\C=C\C(O)CCOc1cccc(CC=O)c1.CC1CCC1.CO. The summed E-state index contributed by atoms with van der Waals surface area (Å²) in [5.74, 6) is 1.79. The predicted molar refractivity (Wildman–Crippen MR) is 151 cm³/mol. The van der Waals surface area contributed by atoms with E-state index in [1.807, 2.05) is 62.4 Å². The molecule has 1 saturated carbocycles. The molecule has 1 aromatic rings. The topological polar surface area (TPSA) is 66.8 Å². The number of rotatable bonds is 13. The maximum Gasteiger partial charge on any atom is 0.124 e. The molecule has 1 aromatic carbocycles. The first kappa shape index (κ1) is 34.7. The van der Waals surface area contributed by atoms with E-state index in [-0.39, 0.29) is 0 Å². The summed E-state index contributed by atoms with van der Waals surface area (Å²) < 4.78 is 5.62. The Morgan fingerprint density at radius 3 is 2.29 bits per heavy atom. The van der Waals surface area contributed by atoms with Crippen molar-refractivity contribution in [2.45, 2.75) is 85.2 Å². The Bertz CT molecular complexity index is 700.